The van der Waals surface area contributed by atoms with Crippen LogP contribution in [0.5, 0.6) is 0 Å². The molecule has 0 bridgehead atoms. The molecule has 1 saturated heterocycles. The number of fused-ring (bicyclic) bond motifs is 1. The molecule has 3 N–H and O–H groups in total. The number of alkyl halides is 1. The number of H-pyrrole nitrogens is 2. The number of carbonyl (C=O) groups excluding carboxylic acids is 1. The number of nitrogens with one attached hydrogen (secondary N) is 3. The average Bonchev–Trinajstić information content (AvgIpc) is 2.86. The van der Waals surface area contributed by atoms with Gasteiger partial charge in [-0.2, -0.15) is 0 Å². The molecule has 0 aliphatic carbocycles. The summed E-state index contributed by atoms with van der Waals surface area (Å²) < 4.78 is 0. The van der Waals surface area contributed by atoms with E-state index in [0.717, 1.165) is 37.4 Å². The Morgan fingerprint density at radius 3 is 2.50 bits per heavy atom. The van der Waals surface area contributed by atoms with E-state index < -0.39 is 0 Å². The predicted molar refractivity (Wildman–Crippen MR) is 88.0 cm³/mol. The molecule has 3 rings (SSSR count). The highest BCUT2D eigenvalue weighted by Crippen LogP contribution is 2.30. The lowest BCUT2D eigenvalue weighted by Gasteiger charge is -2.35. The van der Waals surface area contributed by atoms with Crippen LogP contribution < -0.4 is 15.9 Å². The minimum Gasteiger partial charge on any atom is -0.367 e. The number of carbonyl (C=O) groups is 1. The van der Waals surface area contributed by atoms with Crippen molar-refractivity contribution in [3.05, 3.63) is 22.6 Å². The lowest BCUT2D eigenvalue weighted by atomic mass is 10.2. The molecule has 1 aromatic carbocycles. The standard InChI is InChI=1S/C14H18ClN5O2/c1-19-2-4-20(5-3-19)12-7-10-9(17-14(22)18-10)6-11(12)16-13(21)8-15/h6-7H,2-5,8H2,1H3,(H,16,21)(H2,17,18,22). The van der Waals surface area contributed by atoms with E-state index in [1.165, 1.54) is 0 Å². The normalized spacial score (nSPS) is 16.2. The monoisotopic (exact) mass is 323 g/mol. The van der Waals surface area contributed by atoms with Gasteiger partial charge in [-0.05, 0) is 19.2 Å². The fourth-order valence-corrected chi connectivity index (χ4v) is 2.73. The number of hydrogen-bond donors (Lipinski definition) is 3. The molecule has 0 spiro atoms. The lowest BCUT2D eigenvalue weighted by Crippen LogP contribution is -2.44. The van der Waals surface area contributed by atoms with Gasteiger partial charge in [-0.1, -0.05) is 0 Å². The van der Waals surface area contributed by atoms with Crippen molar-refractivity contribution in [2.75, 3.05) is 49.3 Å². The number of benzene rings is 1. The van der Waals surface area contributed by atoms with Gasteiger partial charge in [0.2, 0.25) is 5.91 Å². The van der Waals surface area contributed by atoms with Crippen molar-refractivity contribution in [2.45, 2.75) is 0 Å². The van der Waals surface area contributed by atoms with E-state index in [1.54, 1.807) is 6.07 Å². The Hall–Kier alpha value is -1.99. The maximum atomic E-state index is 11.7. The van der Waals surface area contributed by atoms with E-state index >= 15 is 0 Å². The first-order chi connectivity index (χ1) is 10.6. The second-order valence-corrected chi connectivity index (χ2v) is 5.73. The van der Waals surface area contributed by atoms with Gasteiger partial charge in [-0.25, -0.2) is 4.79 Å². The second-order valence-electron chi connectivity index (χ2n) is 5.47. The van der Waals surface area contributed by atoms with Crippen LogP contribution in [-0.2, 0) is 4.79 Å². The van der Waals surface area contributed by atoms with Gasteiger partial charge in [0.15, 0.2) is 0 Å². The minimum atomic E-state index is -0.269. The number of hydrogen-bond acceptors (Lipinski definition) is 4. The minimum absolute atomic E-state index is 0.107. The SMILES string of the molecule is CN1CCN(c2cc3[nH]c(=O)[nH]c3cc2NC(=O)CCl)CC1. The predicted octanol–water partition coefficient (Wildman–Crippen LogP) is 0.785. The summed E-state index contributed by atoms with van der Waals surface area (Å²) in [7, 11) is 2.08. The van der Waals surface area contributed by atoms with Crippen molar-refractivity contribution in [1.82, 2.24) is 14.9 Å². The second kappa shape index (κ2) is 6.02. The first kappa shape index (κ1) is 14.9. The van der Waals surface area contributed by atoms with Crippen LogP contribution in [0.3, 0.4) is 0 Å². The van der Waals surface area contributed by atoms with E-state index in [0.29, 0.717) is 11.2 Å². The molecule has 2 heterocycles. The van der Waals surface area contributed by atoms with Gasteiger partial charge in [-0.15, -0.1) is 11.6 Å². The number of aromatic nitrogens is 2. The van der Waals surface area contributed by atoms with Crippen LogP contribution >= 0.6 is 11.6 Å². The number of piperazine rings is 1. The third-order valence-corrected chi connectivity index (χ3v) is 4.11. The number of aromatic amines is 2. The highest BCUT2D eigenvalue weighted by Gasteiger charge is 2.19. The molecule has 1 amide bonds. The van der Waals surface area contributed by atoms with E-state index in [9.17, 15) is 9.59 Å². The van der Waals surface area contributed by atoms with Crippen molar-refractivity contribution in [2.24, 2.45) is 0 Å². The fraction of sp³-hybridized carbons (Fsp3) is 0.429. The van der Waals surface area contributed by atoms with Gasteiger partial charge in [-0.3, -0.25) is 4.79 Å². The van der Waals surface area contributed by atoms with E-state index in [-0.39, 0.29) is 17.5 Å². The van der Waals surface area contributed by atoms with Gasteiger partial charge in [0, 0.05) is 26.2 Å². The van der Waals surface area contributed by atoms with Crippen molar-refractivity contribution in [3.8, 4) is 0 Å². The molecular formula is C14H18ClN5O2. The van der Waals surface area contributed by atoms with E-state index in [2.05, 4.69) is 32.1 Å². The quantitative estimate of drug-likeness (QED) is 0.729. The van der Waals surface area contributed by atoms with Crippen molar-refractivity contribution in [1.29, 1.82) is 0 Å². The third kappa shape index (κ3) is 2.95. The van der Waals surface area contributed by atoms with Crippen LogP contribution in [-0.4, -0.2) is 59.9 Å². The molecule has 0 radical (unpaired) electrons. The first-order valence-corrected chi connectivity index (χ1v) is 7.65. The summed E-state index contributed by atoms with van der Waals surface area (Å²) >= 11 is 5.59. The molecule has 22 heavy (non-hydrogen) atoms. The van der Waals surface area contributed by atoms with Crippen molar-refractivity contribution in [3.63, 3.8) is 0 Å². The Morgan fingerprint density at radius 2 is 1.86 bits per heavy atom. The van der Waals surface area contributed by atoms with Crippen LogP contribution in [0.2, 0.25) is 0 Å². The van der Waals surface area contributed by atoms with Gasteiger partial charge < -0.3 is 25.1 Å². The third-order valence-electron chi connectivity index (χ3n) is 3.87. The summed E-state index contributed by atoms with van der Waals surface area (Å²) in [6.45, 7) is 3.62. The largest absolute Gasteiger partial charge is 0.367 e. The number of halogens is 1. The summed E-state index contributed by atoms with van der Waals surface area (Å²) in [6.07, 6.45) is 0. The zero-order valence-electron chi connectivity index (χ0n) is 12.3. The van der Waals surface area contributed by atoms with Gasteiger partial charge in [0.25, 0.3) is 0 Å². The fourth-order valence-electron chi connectivity index (χ4n) is 2.66. The summed E-state index contributed by atoms with van der Waals surface area (Å²) in [4.78, 5) is 33.0. The molecule has 0 saturated carbocycles. The molecule has 1 aliphatic heterocycles. The van der Waals surface area contributed by atoms with Crippen LogP contribution in [0.4, 0.5) is 11.4 Å². The molecule has 1 fully saturated rings. The number of anilines is 2. The van der Waals surface area contributed by atoms with Gasteiger partial charge in [0.05, 0.1) is 22.4 Å². The lowest BCUT2D eigenvalue weighted by molar-refractivity contribution is -0.113. The topological polar surface area (TPSA) is 84.2 Å². The smallest absolute Gasteiger partial charge is 0.323 e. The van der Waals surface area contributed by atoms with Crippen LogP contribution in [0.1, 0.15) is 0 Å². The Balaban J connectivity index is 2.02. The number of likely N-dealkylation sites (N-methyl/N-ethyl adjacent to an activating group) is 1. The Bertz CT molecular complexity index is 745. The number of amides is 1. The Labute approximate surface area is 132 Å². The number of imidazole rings is 1. The van der Waals surface area contributed by atoms with Crippen molar-refractivity contribution >= 4 is 39.9 Å². The molecule has 118 valence electrons. The molecule has 0 atom stereocenters. The van der Waals surface area contributed by atoms with Gasteiger partial charge in [0.1, 0.15) is 5.88 Å². The molecule has 0 unspecified atom stereocenters. The summed E-state index contributed by atoms with van der Waals surface area (Å²) in [5.74, 6) is -0.376. The molecule has 2 aromatic rings. The van der Waals surface area contributed by atoms with E-state index in [4.69, 9.17) is 11.6 Å². The molecule has 7 nitrogen and oxygen atoms in total. The zero-order valence-corrected chi connectivity index (χ0v) is 13.0. The van der Waals surface area contributed by atoms with E-state index in [1.807, 2.05) is 6.07 Å². The average molecular weight is 324 g/mol. The van der Waals surface area contributed by atoms with Gasteiger partial charge >= 0.3 is 5.69 Å². The van der Waals surface area contributed by atoms with Crippen LogP contribution in [0.25, 0.3) is 11.0 Å². The maximum Gasteiger partial charge on any atom is 0.323 e. The summed E-state index contributed by atoms with van der Waals surface area (Å²) in [5.41, 5.74) is 2.68. The molecular weight excluding hydrogens is 306 g/mol. The zero-order chi connectivity index (χ0) is 15.7. The Morgan fingerprint density at radius 1 is 1.23 bits per heavy atom. The highest BCUT2D eigenvalue weighted by molar-refractivity contribution is 6.29. The van der Waals surface area contributed by atoms with Crippen LogP contribution in [0, 0.1) is 0 Å². The number of rotatable bonds is 3. The summed E-state index contributed by atoms with van der Waals surface area (Å²) in [6, 6.07) is 3.66. The summed E-state index contributed by atoms with van der Waals surface area (Å²) in [5, 5.41) is 2.81. The molecule has 8 heteroatoms. The highest BCUT2D eigenvalue weighted by atomic mass is 35.5. The molecule has 1 aromatic heterocycles. The maximum absolute atomic E-state index is 11.7. The van der Waals surface area contributed by atoms with Crippen LogP contribution in [0.15, 0.2) is 16.9 Å². The van der Waals surface area contributed by atoms with Crippen molar-refractivity contribution < 1.29 is 4.79 Å². The first-order valence-electron chi connectivity index (χ1n) is 7.12. The molecule has 1 aliphatic rings. The Kier molecular flexibility index (Phi) is 4.08. The number of nitrogens with zero attached hydrogens (tertiary/aromatic N) is 2.